The van der Waals surface area contributed by atoms with Gasteiger partial charge in [-0.05, 0) is 29.8 Å². The minimum atomic E-state index is -0.610. The van der Waals surface area contributed by atoms with Gasteiger partial charge in [0.15, 0.2) is 11.7 Å². The lowest BCUT2D eigenvalue weighted by molar-refractivity contribution is -0.152. The first-order valence-electron chi connectivity index (χ1n) is 8.99. The van der Waals surface area contributed by atoms with E-state index in [1.807, 2.05) is 60.5 Å². The van der Waals surface area contributed by atoms with Crippen molar-refractivity contribution in [3.8, 4) is 5.75 Å². The molecule has 0 spiro atoms. The van der Waals surface area contributed by atoms with Crippen molar-refractivity contribution in [1.29, 1.82) is 0 Å². The molecule has 0 aliphatic carbocycles. The summed E-state index contributed by atoms with van der Waals surface area (Å²) in [6.07, 6.45) is -0.161. The summed E-state index contributed by atoms with van der Waals surface area (Å²) in [5.74, 6) is 0.367. The second-order valence-electron chi connectivity index (χ2n) is 6.33. The Labute approximate surface area is 163 Å². The molecule has 7 heteroatoms. The van der Waals surface area contributed by atoms with Crippen LogP contribution in [0.3, 0.4) is 0 Å². The molecule has 0 saturated carbocycles. The summed E-state index contributed by atoms with van der Waals surface area (Å²) < 4.78 is 21.4. The van der Waals surface area contributed by atoms with E-state index in [2.05, 4.69) is 4.98 Å². The Morgan fingerprint density at radius 1 is 1.14 bits per heavy atom. The van der Waals surface area contributed by atoms with Gasteiger partial charge >= 0.3 is 5.97 Å². The Bertz CT molecular complexity index is 874. The average Bonchev–Trinajstić information content (AvgIpc) is 3.17. The van der Waals surface area contributed by atoms with Gasteiger partial charge < -0.3 is 23.5 Å². The predicted molar refractivity (Wildman–Crippen MR) is 106 cm³/mol. The van der Waals surface area contributed by atoms with Gasteiger partial charge in [0.1, 0.15) is 17.9 Å². The number of oxazole rings is 1. The number of carbonyl (C=O) groups is 1. The van der Waals surface area contributed by atoms with Crippen LogP contribution in [0, 0.1) is 0 Å². The van der Waals surface area contributed by atoms with Crippen LogP contribution in [0.4, 0.5) is 6.01 Å². The van der Waals surface area contributed by atoms with Crippen molar-refractivity contribution in [2.75, 3.05) is 39.3 Å². The number of hydrogen-bond donors (Lipinski definition) is 0. The molecule has 0 bridgehead atoms. The molecule has 28 heavy (non-hydrogen) atoms. The molecule has 0 N–H and O–H groups in total. The topological polar surface area (TPSA) is 74.0 Å². The molecule has 0 aliphatic heterocycles. The van der Waals surface area contributed by atoms with Crippen molar-refractivity contribution in [1.82, 2.24) is 4.98 Å². The molecular formula is C21H24N2O5. The highest BCUT2D eigenvalue weighted by molar-refractivity contribution is 5.75. The van der Waals surface area contributed by atoms with Crippen molar-refractivity contribution in [3.63, 3.8) is 0 Å². The number of aromatic nitrogens is 1. The lowest BCUT2D eigenvalue weighted by Gasteiger charge is -2.15. The summed E-state index contributed by atoms with van der Waals surface area (Å²) in [7, 11) is 4.75. The lowest BCUT2D eigenvalue weighted by Crippen LogP contribution is -2.26. The monoisotopic (exact) mass is 384 g/mol. The van der Waals surface area contributed by atoms with Crippen molar-refractivity contribution in [2.45, 2.75) is 12.5 Å². The molecule has 0 radical (unpaired) electrons. The van der Waals surface area contributed by atoms with Crippen LogP contribution in [0.15, 0.2) is 52.9 Å². The van der Waals surface area contributed by atoms with Gasteiger partial charge in [-0.1, -0.05) is 24.3 Å². The van der Waals surface area contributed by atoms with Gasteiger partial charge in [0.25, 0.3) is 6.01 Å². The van der Waals surface area contributed by atoms with E-state index in [0.717, 1.165) is 22.4 Å². The van der Waals surface area contributed by atoms with Crippen molar-refractivity contribution >= 4 is 23.1 Å². The van der Waals surface area contributed by atoms with Crippen LogP contribution in [-0.2, 0) is 20.7 Å². The van der Waals surface area contributed by atoms with Gasteiger partial charge in [-0.2, -0.15) is 4.98 Å². The maximum absolute atomic E-state index is 11.6. The normalized spacial score (nSPS) is 12.0. The Hall–Kier alpha value is -3.06. The molecule has 0 saturated heterocycles. The second-order valence-corrected chi connectivity index (χ2v) is 6.33. The van der Waals surface area contributed by atoms with Gasteiger partial charge in [-0.15, -0.1) is 0 Å². The summed E-state index contributed by atoms with van der Waals surface area (Å²) in [5.41, 5.74) is 2.57. The van der Waals surface area contributed by atoms with Crippen LogP contribution < -0.4 is 9.64 Å². The quantitative estimate of drug-likeness (QED) is 0.525. The number of fused-ring (bicyclic) bond motifs is 1. The molecule has 0 aliphatic rings. The van der Waals surface area contributed by atoms with E-state index in [1.54, 1.807) is 0 Å². The Morgan fingerprint density at radius 2 is 1.89 bits per heavy atom. The number of para-hydroxylation sites is 2. The van der Waals surface area contributed by atoms with Crippen LogP contribution in [0.1, 0.15) is 5.56 Å². The average molecular weight is 384 g/mol. The van der Waals surface area contributed by atoms with Crippen LogP contribution in [0.5, 0.6) is 5.75 Å². The number of benzene rings is 2. The third-order valence-electron chi connectivity index (χ3n) is 4.40. The number of esters is 1. The van der Waals surface area contributed by atoms with Crippen molar-refractivity contribution in [2.24, 2.45) is 0 Å². The molecule has 7 nitrogen and oxygen atoms in total. The first kappa shape index (κ1) is 19.7. The van der Waals surface area contributed by atoms with Crippen molar-refractivity contribution in [3.05, 3.63) is 54.1 Å². The molecule has 3 rings (SSSR count). The number of ether oxygens (including phenoxy) is 3. The molecule has 0 unspecified atom stereocenters. The molecular weight excluding hydrogens is 360 g/mol. The number of likely N-dealkylation sites (N-methyl/N-ethyl adjacent to an activating group) is 1. The lowest BCUT2D eigenvalue weighted by atomic mass is 10.1. The number of hydrogen-bond acceptors (Lipinski definition) is 7. The molecule has 1 heterocycles. The zero-order valence-corrected chi connectivity index (χ0v) is 16.3. The third-order valence-corrected chi connectivity index (χ3v) is 4.40. The first-order valence-corrected chi connectivity index (χ1v) is 8.99. The summed E-state index contributed by atoms with van der Waals surface area (Å²) in [6, 6.07) is 15.8. The fraction of sp³-hybridized carbons (Fsp3) is 0.333. The van der Waals surface area contributed by atoms with Crippen LogP contribution >= 0.6 is 0 Å². The molecule has 3 aromatic rings. The minimum absolute atomic E-state index is 0.384. The zero-order chi connectivity index (χ0) is 19.9. The molecule has 0 fully saturated rings. The summed E-state index contributed by atoms with van der Waals surface area (Å²) in [6.45, 7) is 1.11. The summed E-state index contributed by atoms with van der Waals surface area (Å²) in [5, 5.41) is 0. The van der Waals surface area contributed by atoms with Gasteiger partial charge in [-0.25, -0.2) is 4.79 Å². The summed E-state index contributed by atoms with van der Waals surface area (Å²) >= 11 is 0. The highest BCUT2D eigenvalue weighted by Gasteiger charge is 2.18. The molecule has 148 valence electrons. The first-order chi connectivity index (χ1) is 13.6. The number of rotatable bonds is 9. The number of nitrogens with zero attached hydrogens (tertiary/aromatic N) is 2. The fourth-order valence-electron chi connectivity index (χ4n) is 2.75. The number of anilines is 1. The maximum Gasteiger partial charge on any atom is 0.335 e. The van der Waals surface area contributed by atoms with E-state index in [-0.39, 0.29) is 5.97 Å². The van der Waals surface area contributed by atoms with Crippen LogP contribution in [-0.4, -0.2) is 51.5 Å². The predicted octanol–water partition coefficient (Wildman–Crippen LogP) is 3.07. The highest BCUT2D eigenvalue weighted by Crippen LogP contribution is 2.20. The van der Waals surface area contributed by atoms with E-state index in [0.29, 0.717) is 25.6 Å². The van der Waals surface area contributed by atoms with Gasteiger partial charge in [-0.3, -0.25) is 0 Å². The highest BCUT2D eigenvalue weighted by atomic mass is 16.6. The molecule has 0 amide bonds. The van der Waals surface area contributed by atoms with E-state index < -0.39 is 6.10 Å². The SMILES string of the molecule is COC(=O)[C@@H](Cc1ccc(OCCN(C)c2nc3ccccc3o2)cc1)OC. The Morgan fingerprint density at radius 3 is 2.57 bits per heavy atom. The Balaban J connectivity index is 1.50. The second kappa shape index (κ2) is 9.23. The molecule has 2 aromatic carbocycles. The summed E-state index contributed by atoms with van der Waals surface area (Å²) in [4.78, 5) is 18.0. The smallest absolute Gasteiger partial charge is 0.335 e. The minimum Gasteiger partial charge on any atom is -0.492 e. The van der Waals surface area contributed by atoms with Gasteiger partial charge in [0, 0.05) is 20.6 Å². The third kappa shape index (κ3) is 4.80. The number of carbonyl (C=O) groups excluding carboxylic acids is 1. The number of methoxy groups -OCH3 is 2. The van der Waals surface area contributed by atoms with E-state index in [1.165, 1.54) is 14.2 Å². The zero-order valence-electron chi connectivity index (χ0n) is 16.3. The van der Waals surface area contributed by atoms with Crippen molar-refractivity contribution < 1.29 is 23.4 Å². The van der Waals surface area contributed by atoms with E-state index in [4.69, 9.17) is 18.6 Å². The fourth-order valence-corrected chi connectivity index (χ4v) is 2.75. The molecule has 1 atom stereocenters. The Kier molecular flexibility index (Phi) is 6.49. The standard InChI is InChI=1S/C21H24N2O5/c1-23(21-22-17-6-4-5-7-18(17)28-21)12-13-27-16-10-8-15(9-11-16)14-19(25-2)20(24)26-3/h4-11,19H,12-14H2,1-3H3/t19-/m1/s1. The van der Waals surface area contributed by atoms with Crippen LogP contribution in [0.25, 0.3) is 11.1 Å². The largest absolute Gasteiger partial charge is 0.492 e. The van der Waals surface area contributed by atoms with Crippen LogP contribution in [0.2, 0.25) is 0 Å². The van der Waals surface area contributed by atoms with E-state index in [9.17, 15) is 4.79 Å². The van der Waals surface area contributed by atoms with Gasteiger partial charge in [0.05, 0.1) is 13.7 Å². The molecule has 1 aromatic heterocycles. The van der Waals surface area contributed by atoms with E-state index >= 15 is 0 Å². The maximum atomic E-state index is 11.6. The van der Waals surface area contributed by atoms with Gasteiger partial charge in [0.2, 0.25) is 0 Å².